The smallest absolute Gasteiger partial charge is 0.199 e. The lowest BCUT2D eigenvalue weighted by Gasteiger charge is -2.19. The first kappa shape index (κ1) is 13.8. The first-order chi connectivity index (χ1) is 8.15. The molecule has 0 N–H and O–H groups in total. The maximum absolute atomic E-state index is 5.79. The second-order valence-corrected chi connectivity index (χ2v) is 4.46. The van der Waals surface area contributed by atoms with Crippen molar-refractivity contribution in [3.8, 4) is 5.75 Å². The molecule has 1 atom stereocenters. The van der Waals surface area contributed by atoms with Crippen molar-refractivity contribution < 1.29 is 9.47 Å². The van der Waals surface area contributed by atoms with Crippen LogP contribution in [0.15, 0.2) is 30.8 Å². The largest absolute Gasteiger partial charge is 0.465 e. The molecule has 0 aromatic heterocycles. The molecule has 94 valence electrons. The third-order valence-electron chi connectivity index (χ3n) is 2.31. The molecule has 1 aromatic rings. The Morgan fingerprint density at radius 2 is 2.12 bits per heavy atom. The third-order valence-corrected chi connectivity index (χ3v) is 2.31. The molecule has 0 saturated heterocycles. The summed E-state index contributed by atoms with van der Waals surface area (Å²) in [6, 6.07) is 7.86. The lowest BCUT2D eigenvalue weighted by molar-refractivity contribution is -0.0899. The molecule has 17 heavy (non-hydrogen) atoms. The summed E-state index contributed by atoms with van der Waals surface area (Å²) in [6.45, 7) is 10.8. The van der Waals surface area contributed by atoms with Gasteiger partial charge in [-0.25, -0.2) is 0 Å². The Balaban J connectivity index is 2.57. The molecule has 0 bridgehead atoms. The molecule has 1 aromatic carbocycles. The van der Waals surface area contributed by atoms with E-state index in [1.807, 2.05) is 30.3 Å². The van der Waals surface area contributed by atoms with Crippen molar-refractivity contribution in [2.45, 2.75) is 33.5 Å². The van der Waals surface area contributed by atoms with Crippen LogP contribution in [0.25, 0.3) is 6.08 Å². The van der Waals surface area contributed by atoms with Crippen LogP contribution in [-0.4, -0.2) is 12.9 Å². The second kappa shape index (κ2) is 7.13. The van der Waals surface area contributed by atoms with Gasteiger partial charge in [-0.2, -0.15) is 0 Å². The Kier molecular flexibility index (Phi) is 5.78. The zero-order valence-corrected chi connectivity index (χ0v) is 11.0. The normalized spacial score (nSPS) is 12.5. The summed E-state index contributed by atoms with van der Waals surface area (Å²) in [5, 5.41) is 0. The summed E-state index contributed by atoms with van der Waals surface area (Å²) in [6.07, 6.45) is 2.48. The summed E-state index contributed by atoms with van der Waals surface area (Å²) in [5.41, 5.74) is 1.06. The second-order valence-electron chi connectivity index (χ2n) is 4.46. The molecular formula is C15H22O2. The summed E-state index contributed by atoms with van der Waals surface area (Å²) in [4.78, 5) is 0. The van der Waals surface area contributed by atoms with Crippen LogP contribution in [0.5, 0.6) is 5.75 Å². The Morgan fingerprint density at radius 1 is 1.35 bits per heavy atom. The Hall–Kier alpha value is -1.28. The van der Waals surface area contributed by atoms with Crippen molar-refractivity contribution in [1.82, 2.24) is 0 Å². The van der Waals surface area contributed by atoms with Gasteiger partial charge in [-0.15, -0.1) is 0 Å². The molecule has 0 aliphatic rings. The summed E-state index contributed by atoms with van der Waals surface area (Å²) >= 11 is 0. The average molecular weight is 234 g/mol. The molecule has 0 heterocycles. The highest BCUT2D eigenvalue weighted by atomic mass is 16.7. The zero-order valence-electron chi connectivity index (χ0n) is 11.0. The first-order valence-corrected chi connectivity index (χ1v) is 6.16. The molecule has 1 unspecified atom stereocenters. The fourth-order valence-electron chi connectivity index (χ4n) is 1.40. The molecule has 0 spiro atoms. The van der Waals surface area contributed by atoms with Gasteiger partial charge in [-0.3, -0.25) is 0 Å². The van der Waals surface area contributed by atoms with Crippen molar-refractivity contribution in [2.75, 3.05) is 6.61 Å². The lowest BCUT2D eigenvalue weighted by atomic mass is 10.2. The predicted octanol–water partition coefficient (Wildman–Crippen LogP) is 4.12. The highest BCUT2D eigenvalue weighted by Crippen LogP contribution is 2.17. The third kappa shape index (κ3) is 5.05. The summed E-state index contributed by atoms with van der Waals surface area (Å²) in [7, 11) is 0. The van der Waals surface area contributed by atoms with Crippen molar-refractivity contribution in [1.29, 1.82) is 0 Å². The summed E-state index contributed by atoms with van der Waals surface area (Å²) in [5.74, 6) is 1.35. The van der Waals surface area contributed by atoms with Gasteiger partial charge in [0.2, 0.25) is 0 Å². The van der Waals surface area contributed by atoms with Crippen molar-refractivity contribution >= 4 is 6.08 Å². The Morgan fingerprint density at radius 3 is 2.71 bits per heavy atom. The van der Waals surface area contributed by atoms with Crippen molar-refractivity contribution in [3.05, 3.63) is 36.4 Å². The molecule has 0 radical (unpaired) electrons. The van der Waals surface area contributed by atoms with Crippen LogP contribution in [0, 0.1) is 5.92 Å². The lowest BCUT2D eigenvalue weighted by Crippen LogP contribution is -2.21. The van der Waals surface area contributed by atoms with Crippen LogP contribution in [0.4, 0.5) is 0 Å². The van der Waals surface area contributed by atoms with Gasteiger partial charge in [0, 0.05) is 6.42 Å². The fourth-order valence-corrected chi connectivity index (χ4v) is 1.40. The van der Waals surface area contributed by atoms with E-state index in [1.165, 1.54) is 0 Å². The molecule has 2 heteroatoms. The minimum atomic E-state index is -0.169. The standard InChI is InChI=1S/C15H22O2/c1-5-13-8-7-9-14(10-13)17-15(6-2)16-11-12(3)4/h5,7-10,12,15H,1,6,11H2,2-4H3. The van der Waals surface area contributed by atoms with Gasteiger partial charge in [0.15, 0.2) is 6.29 Å². The topological polar surface area (TPSA) is 18.5 Å². The first-order valence-electron chi connectivity index (χ1n) is 6.16. The van der Waals surface area contributed by atoms with Crippen molar-refractivity contribution in [2.24, 2.45) is 5.92 Å². The van der Waals surface area contributed by atoms with Gasteiger partial charge in [0.1, 0.15) is 5.75 Å². The number of hydrogen-bond donors (Lipinski definition) is 0. The van der Waals surface area contributed by atoms with Crippen LogP contribution >= 0.6 is 0 Å². The van der Waals surface area contributed by atoms with E-state index < -0.39 is 0 Å². The van der Waals surface area contributed by atoms with Crippen LogP contribution in [0.2, 0.25) is 0 Å². The molecule has 1 rings (SSSR count). The number of rotatable bonds is 7. The molecule has 0 saturated carbocycles. The Bertz CT molecular complexity index is 345. The predicted molar refractivity (Wildman–Crippen MR) is 72.0 cm³/mol. The minimum Gasteiger partial charge on any atom is -0.465 e. The van der Waals surface area contributed by atoms with E-state index >= 15 is 0 Å². The molecule has 0 amide bonds. The monoisotopic (exact) mass is 234 g/mol. The van der Waals surface area contributed by atoms with E-state index in [4.69, 9.17) is 9.47 Å². The van der Waals surface area contributed by atoms with E-state index in [1.54, 1.807) is 0 Å². The number of ether oxygens (including phenoxy) is 2. The van der Waals surface area contributed by atoms with Crippen LogP contribution in [0.3, 0.4) is 0 Å². The van der Waals surface area contributed by atoms with Crippen LogP contribution < -0.4 is 4.74 Å². The Labute approximate surface area is 104 Å². The highest BCUT2D eigenvalue weighted by Gasteiger charge is 2.09. The maximum Gasteiger partial charge on any atom is 0.199 e. The van der Waals surface area contributed by atoms with Gasteiger partial charge in [-0.1, -0.05) is 45.6 Å². The van der Waals surface area contributed by atoms with Gasteiger partial charge < -0.3 is 9.47 Å². The van der Waals surface area contributed by atoms with E-state index in [9.17, 15) is 0 Å². The van der Waals surface area contributed by atoms with Gasteiger partial charge >= 0.3 is 0 Å². The van der Waals surface area contributed by atoms with E-state index in [-0.39, 0.29) is 6.29 Å². The number of hydrogen-bond acceptors (Lipinski definition) is 2. The van der Waals surface area contributed by atoms with Gasteiger partial charge in [0.25, 0.3) is 0 Å². The van der Waals surface area contributed by atoms with Crippen LogP contribution in [0.1, 0.15) is 32.8 Å². The quantitative estimate of drug-likeness (QED) is 0.661. The molecular weight excluding hydrogens is 212 g/mol. The molecule has 0 aliphatic carbocycles. The average Bonchev–Trinajstić information content (AvgIpc) is 2.34. The van der Waals surface area contributed by atoms with Crippen molar-refractivity contribution in [3.63, 3.8) is 0 Å². The van der Waals surface area contributed by atoms with Gasteiger partial charge in [0.05, 0.1) is 6.61 Å². The van der Waals surface area contributed by atoms with Crippen LogP contribution in [-0.2, 0) is 4.74 Å². The van der Waals surface area contributed by atoms with E-state index in [0.29, 0.717) is 5.92 Å². The number of benzene rings is 1. The van der Waals surface area contributed by atoms with E-state index in [0.717, 1.165) is 24.3 Å². The molecule has 0 aliphatic heterocycles. The minimum absolute atomic E-state index is 0.169. The SMILES string of the molecule is C=Cc1cccc(OC(CC)OCC(C)C)c1. The highest BCUT2D eigenvalue weighted by molar-refractivity contribution is 5.49. The summed E-state index contributed by atoms with van der Waals surface area (Å²) < 4.78 is 11.5. The van der Waals surface area contributed by atoms with Gasteiger partial charge in [-0.05, 0) is 23.6 Å². The molecule has 2 nitrogen and oxygen atoms in total. The molecule has 0 fully saturated rings. The fraction of sp³-hybridized carbons (Fsp3) is 0.467. The van der Waals surface area contributed by atoms with E-state index in [2.05, 4.69) is 27.4 Å². The zero-order chi connectivity index (χ0) is 12.7. The maximum atomic E-state index is 5.79.